The maximum absolute atomic E-state index is 13.0. The summed E-state index contributed by atoms with van der Waals surface area (Å²) in [4.78, 5) is 39.1. The van der Waals surface area contributed by atoms with E-state index >= 15 is 0 Å². The van der Waals surface area contributed by atoms with Gasteiger partial charge in [0.15, 0.2) is 5.75 Å². The van der Waals surface area contributed by atoms with Crippen LogP contribution in [0, 0.1) is 0 Å². The van der Waals surface area contributed by atoms with Crippen LogP contribution in [0.1, 0.15) is 29.1 Å². The van der Waals surface area contributed by atoms with Gasteiger partial charge in [-0.15, -0.1) is 11.3 Å². The minimum Gasteiger partial charge on any atom is -0.496 e. The van der Waals surface area contributed by atoms with Crippen molar-refractivity contribution in [1.82, 2.24) is 0 Å². The van der Waals surface area contributed by atoms with Crippen molar-refractivity contribution in [3.63, 3.8) is 0 Å². The molecule has 0 radical (unpaired) electrons. The van der Waals surface area contributed by atoms with E-state index in [1.807, 2.05) is 0 Å². The van der Waals surface area contributed by atoms with Gasteiger partial charge in [0.2, 0.25) is 5.78 Å². The standard InChI is InChI=1S/C25H22Cl3NO7S/c1-4-34-22(30)13-29(25(32)35-5-2)14-10-17(26)24(18(27)11-14)36-15-6-7-19(33-3)16(12-15)23(31)20-8-9-21(28)37-20/h6-12H,4-5,13H2,1-3H3. The van der Waals surface area contributed by atoms with E-state index in [1.54, 1.807) is 38.1 Å². The van der Waals surface area contributed by atoms with Gasteiger partial charge in [0.25, 0.3) is 0 Å². The minimum absolute atomic E-state index is 0.0504. The molecule has 0 aliphatic heterocycles. The predicted molar refractivity (Wildman–Crippen MR) is 143 cm³/mol. The van der Waals surface area contributed by atoms with E-state index in [0.717, 1.165) is 16.2 Å². The van der Waals surface area contributed by atoms with Crippen molar-refractivity contribution in [2.45, 2.75) is 13.8 Å². The number of benzene rings is 2. The van der Waals surface area contributed by atoms with Crippen molar-refractivity contribution in [3.05, 3.63) is 67.3 Å². The first-order chi connectivity index (χ1) is 17.7. The highest BCUT2D eigenvalue weighted by atomic mass is 35.5. The van der Waals surface area contributed by atoms with Crippen LogP contribution in [0.5, 0.6) is 17.2 Å². The number of nitrogens with zero attached hydrogens (tertiary/aromatic N) is 1. The van der Waals surface area contributed by atoms with Gasteiger partial charge in [0.05, 0.1) is 50.8 Å². The number of hydrogen-bond acceptors (Lipinski definition) is 8. The Balaban J connectivity index is 1.93. The third kappa shape index (κ3) is 7.07. The molecule has 0 aliphatic rings. The van der Waals surface area contributed by atoms with E-state index in [9.17, 15) is 14.4 Å². The summed E-state index contributed by atoms with van der Waals surface area (Å²) in [7, 11) is 1.45. The Kier molecular flexibility index (Phi) is 10.0. The second-order valence-electron chi connectivity index (χ2n) is 7.23. The van der Waals surface area contributed by atoms with Crippen LogP contribution in [0.3, 0.4) is 0 Å². The molecule has 3 aromatic rings. The molecule has 37 heavy (non-hydrogen) atoms. The Morgan fingerprint density at radius 1 is 0.919 bits per heavy atom. The van der Waals surface area contributed by atoms with Gasteiger partial charge in [0.1, 0.15) is 18.0 Å². The molecule has 12 heteroatoms. The molecule has 0 saturated carbocycles. The lowest BCUT2D eigenvalue weighted by molar-refractivity contribution is -0.141. The molecule has 1 heterocycles. The lowest BCUT2D eigenvalue weighted by Crippen LogP contribution is -2.37. The fourth-order valence-electron chi connectivity index (χ4n) is 3.21. The van der Waals surface area contributed by atoms with E-state index < -0.39 is 18.6 Å². The highest BCUT2D eigenvalue weighted by Crippen LogP contribution is 2.41. The Morgan fingerprint density at radius 3 is 2.16 bits per heavy atom. The monoisotopic (exact) mass is 585 g/mol. The number of carbonyl (C=O) groups is 3. The number of hydrogen-bond donors (Lipinski definition) is 0. The number of carbonyl (C=O) groups excluding carboxylic acids is 3. The van der Waals surface area contributed by atoms with Crippen molar-refractivity contribution >= 4 is 69.7 Å². The van der Waals surface area contributed by atoms with Gasteiger partial charge in [-0.25, -0.2) is 4.79 Å². The predicted octanol–water partition coefficient (Wildman–Crippen LogP) is 7.27. The molecule has 3 rings (SSSR count). The lowest BCUT2D eigenvalue weighted by atomic mass is 10.1. The van der Waals surface area contributed by atoms with Crippen molar-refractivity contribution in [3.8, 4) is 17.2 Å². The fraction of sp³-hybridized carbons (Fsp3) is 0.240. The van der Waals surface area contributed by atoms with Crippen LogP contribution in [-0.2, 0) is 14.3 Å². The summed E-state index contributed by atoms with van der Waals surface area (Å²) < 4.78 is 21.7. The summed E-state index contributed by atoms with van der Waals surface area (Å²) in [5.74, 6) is -0.244. The van der Waals surface area contributed by atoms with E-state index in [0.29, 0.717) is 15.0 Å². The lowest BCUT2D eigenvalue weighted by Gasteiger charge is -2.22. The molecule has 0 bridgehead atoms. The number of methoxy groups -OCH3 is 1. The summed E-state index contributed by atoms with van der Waals surface area (Å²) in [6.45, 7) is 3.13. The minimum atomic E-state index is -0.775. The number of ketones is 1. The Bertz CT molecular complexity index is 1290. The second-order valence-corrected chi connectivity index (χ2v) is 9.76. The topological polar surface area (TPSA) is 91.4 Å². The van der Waals surface area contributed by atoms with Crippen LogP contribution >= 0.6 is 46.1 Å². The van der Waals surface area contributed by atoms with Crippen LogP contribution in [0.4, 0.5) is 10.5 Å². The summed E-state index contributed by atoms with van der Waals surface area (Å²) in [5.41, 5.74) is 0.458. The molecule has 1 amide bonds. The van der Waals surface area contributed by atoms with E-state index in [2.05, 4.69) is 0 Å². The van der Waals surface area contributed by atoms with Gasteiger partial charge >= 0.3 is 12.1 Å². The van der Waals surface area contributed by atoms with Gasteiger partial charge in [-0.1, -0.05) is 34.8 Å². The van der Waals surface area contributed by atoms with Crippen LogP contribution in [0.15, 0.2) is 42.5 Å². The number of rotatable bonds is 10. The SMILES string of the molecule is CCOC(=O)CN(C(=O)OCC)c1cc(Cl)c(Oc2ccc(OC)c(C(=O)c3ccc(Cl)s3)c2)c(Cl)c1. The van der Waals surface area contributed by atoms with Gasteiger partial charge in [0, 0.05) is 0 Å². The molecule has 0 N–H and O–H groups in total. The van der Waals surface area contributed by atoms with Crippen molar-refractivity contribution in [2.75, 3.05) is 31.8 Å². The van der Waals surface area contributed by atoms with E-state index in [1.165, 1.54) is 25.3 Å². The number of halogens is 3. The largest absolute Gasteiger partial charge is 0.496 e. The Labute approximate surface area is 232 Å². The molecule has 0 unspecified atom stereocenters. The number of thiophene rings is 1. The number of anilines is 1. The molecular formula is C25H22Cl3NO7S. The highest BCUT2D eigenvalue weighted by molar-refractivity contribution is 7.18. The number of amides is 1. The molecule has 0 atom stereocenters. The first kappa shape index (κ1) is 28.6. The quantitative estimate of drug-likeness (QED) is 0.182. The van der Waals surface area contributed by atoms with E-state index in [-0.39, 0.29) is 51.8 Å². The molecule has 196 valence electrons. The maximum Gasteiger partial charge on any atom is 0.414 e. The summed E-state index contributed by atoms with van der Waals surface area (Å²) >= 11 is 20.0. The maximum atomic E-state index is 13.0. The average Bonchev–Trinajstić information content (AvgIpc) is 3.30. The summed E-state index contributed by atoms with van der Waals surface area (Å²) in [6, 6.07) is 10.7. The Hall–Kier alpha value is -2.98. The van der Waals surface area contributed by atoms with Crippen LogP contribution < -0.4 is 14.4 Å². The molecule has 0 fully saturated rings. The van der Waals surface area contributed by atoms with Crippen molar-refractivity contribution in [1.29, 1.82) is 0 Å². The zero-order valence-electron chi connectivity index (χ0n) is 20.0. The van der Waals surface area contributed by atoms with Gasteiger partial charge in [-0.2, -0.15) is 0 Å². The van der Waals surface area contributed by atoms with Crippen LogP contribution in [0.25, 0.3) is 0 Å². The van der Waals surface area contributed by atoms with Gasteiger partial charge < -0.3 is 18.9 Å². The first-order valence-electron chi connectivity index (χ1n) is 10.9. The third-order valence-electron chi connectivity index (χ3n) is 4.81. The van der Waals surface area contributed by atoms with E-state index in [4.69, 9.17) is 53.8 Å². The molecule has 2 aromatic carbocycles. The van der Waals surface area contributed by atoms with Gasteiger partial charge in [-0.3, -0.25) is 14.5 Å². The Morgan fingerprint density at radius 2 is 1.59 bits per heavy atom. The second kappa shape index (κ2) is 13.0. The number of ether oxygens (including phenoxy) is 4. The summed E-state index contributed by atoms with van der Waals surface area (Å²) in [5, 5.41) is 0.101. The van der Waals surface area contributed by atoms with Crippen LogP contribution in [-0.4, -0.2) is 44.7 Å². The average molecular weight is 587 g/mol. The van der Waals surface area contributed by atoms with Gasteiger partial charge in [-0.05, 0) is 56.3 Å². The summed E-state index contributed by atoms with van der Waals surface area (Å²) in [6.07, 6.45) is -0.775. The van der Waals surface area contributed by atoms with Crippen molar-refractivity contribution < 1.29 is 33.3 Å². The normalized spacial score (nSPS) is 10.5. The van der Waals surface area contributed by atoms with Crippen LogP contribution in [0.2, 0.25) is 14.4 Å². The zero-order valence-corrected chi connectivity index (χ0v) is 23.1. The third-order valence-corrected chi connectivity index (χ3v) is 6.60. The smallest absolute Gasteiger partial charge is 0.414 e. The molecule has 0 spiro atoms. The molecule has 0 aliphatic carbocycles. The molecule has 8 nitrogen and oxygen atoms in total. The highest BCUT2D eigenvalue weighted by Gasteiger charge is 2.24. The molecule has 1 aromatic heterocycles. The number of esters is 1. The molecule has 0 saturated heterocycles. The first-order valence-corrected chi connectivity index (χ1v) is 12.9. The fourth-order valence-corrected chi connectivity index (χ4v) is 4.76. The molecular weight excluding hydrogens is 565 g/mol. The zero-order chi connectivity index (χ0) is 27.1. The van der Waals surface area contributed by atoms with Crippen molar-refractivity contribution in [2.24, 2.45) is 0 Å².